The van der Waals surface area contributed by atoms with E-state index in [1.165, 1.54) is 0 Å². The smallest absolute Gasteiger partial charge is 0.322 e. The predicted octanol–water partition coefficient (Wildman–Crippen LogP) is 2.93. The molecule has 1 atom stereocenters. The summed E-state index contributed by atoms with van der Waals surface area (Å²) in [6.45, 7) is 0.670. The number of carbonyl (C=O) groups is 1. The van der Waals surface area contributed by atoms with Crippen LogP contribution < -0.4 is 10.6 Å². The number of halogens is 4. The Labute approximate surface area is 113 Å². The molecular weight excluding hydrogens is 276 g/mol. The van der Waals surface area contributed by atoms with Gasteiger partial charge in [0.15, 0.2) is 0 Å². The minimum absolute atomic E-state index is 0.447. The van der Waals surface area contributed by atoms with Gasteiger partial charge in [0, 0.05) is 0 Å². The summed E-state index contributed by atoms with van der Waals surface area (Å²) in [5.41, 5.74) is -1.44. The molecule has 3 nitrogen and oxygen atoms in total. The molecule has 2 rings (SSSR count). The van der Waals surface area contributed by atoms with E-state index in [1.807, 2.05) is 0 Å². The van der Waals surface area contributed by atoms with E-state index < -0.39 is 35.2 Å². The first-order chi connectivity index (χ1) is 9.38. The van der Waals surface area contributed by atoms with E-state index in [2.05, 4.69) is 10.6 Å². The molecule has 1 heterocycles. The normalized spacial score (nSPS) is 19.7. The molecule has 1 aliphatic heterocycles. The number of carbonyl (C=O) groups excluding carboxylic acids is 1. The maximum Gasteiger partial charge on any atom is 0.416 e. The van der Waals surface area contributed by atoms with Crippen LogP contribution in [0, 0.1) is 5.82 Å². The highest BCUT2D eigenvalue weighted by molar-refractivity contribution is 5.95. The van der Waals surface area contributed by atoms with Crippen LogP contribution in [-0.4, -0.2) is 18.5 Å². The van der Waals surface area contributed by atoms with E-state index in [0.717, 1.165) is 12.8 Å². The fourth-order valence-corrected chi connectivity index (χ4v) is 2.09. The Morgan fingerprint density at radius 2 is 2.05 bits per heavy atom. The molecule has 1 saturated heterocycles. The van der Waals surface area contributed by atoms with Gasteiger partial charge in [0.2, 0.25) is 5.91 Å². The van der Waals surface area contributed by atoms with Crippen LogP contribution >= 0.6 is 0 Å². The first-order valence-electron chi connectivity index (χ1n) is 6.29. The number of nitrogens with one attached hydrogen (secondary N) is 2. The largest absolute Gasteiger partial charge is 0.416 e. The molecule has 1 aromatic rings. The van der Waals surface area contributed by atoms with Crippen molar-refractivity contribution in [2.75, 3.05) is 11.9 Å². The maximum absolute atomic E-state index is 13.5. The van der Waals surface area contributed by atoms with E-state index in [4.69, 9.17) is 0 Å². The van der Waals surface area contributed by atoms with Crippen LogP contribution in [0.1, 0.15) is 24.8 Å². The minimum atomic E-state index is -4.57. The second-order valence-electron chi connectivity index (χ2n) is 4.68. The molecular formula is C13H14F4N2O. The molecule has 110 valence electrons. The van der Waals surface area contributed by atoms with Gasteiger partial charge in [-0.2, -0.15) is 13.2 Å². The van der Waals surface area contributed by atoms with Crippen LogP contribution in [0.15, 0.2) is 18.2 Å². The highest BCUT2D eigenvalue weighted by Crippen LogP contribution is 2.31. The minimum Gasteiger partial charge on any atom is -0.322 e. The standard InChI is InChI=1S/C13H14F4N2O/c14-9-5-4-8(13(15,16)17)7-11(9)19-12(20)10-3-1-2-6-18-10/h4-5,7,10,18H,1-3,6H2,(H,19,20). The third-order valence-corrected chi connectivity index (χ3v) is 3.18. The van der Waals surface area contributed by atoms with Crippen molar-refractivity contribution in [3.05, 3.63) is 29.6 Å². The van der Waals surface area contributed by atoms with Crippen molar-refractivity contribution in [3.63, 3.8) is 0 Å². The Bertz CT molecular complexity index is 496. The number of hydrogen-bond acceptors (Lipinski definition) is 2. The zero-order valence-corrected chi connectivity index (χ0v) is 10.6. The summed E-state index contributed by atoms with van der Waals surface area (Å²) in [5.74, 6) is -1.40. The van der Waals surface area contributed by atoms with Crippen LogP contribution in [-0.2, 0) is 11.0 Å². The summed E-state index contributed by atoms with van der Waals surface area (Å²) in [6, 6.07) is 1.46. The topological polar surface area (TPSA) is 41.1 Å². The predicted molar refractivity (Wildman–Crippen MR) is 65.7 cm³/mol. The molecule has 1 aliphatic rings. The summed E-state index contributed by atoms with van der Waals surface area (Å²) in [5, 5.41) is 5.16. The zero-order valence-electron chi connectivity index (χ0n) is 10.6. The first kappa shape index (κ1) is 14.8. The molecule has 0 spiro atoms. The van der Waals surface area contributed by atoms with E-state index in [-0.39, 0.29) is 0 Å². The van der Waals surface area contributed by atoms with Gasteiger partial charge >= 0.3 is 6.18 Å². The lowest BCUT2D eigenvalue weighted by atomic mass is 10.0. The van der Waals surface area contributed by atoms with E-state index >= 15 is 0 Å². The molecule has 1 amide bonds. The third kappa shape index (κ3) is 3.47. The lowest BCUT2D eigenvalue weighted by Crippen LogP contribution is -2.43. The van der Waals surface area contributed by atoms with Gasteiger partial charge in [-0.05, 0) is 37.6 Å². The lowest BCUT2D eigenvalue weighted by Gasteiger charge is -2.22. The number of anilines is 1. The number of piperidine rings is 1. The molecule has 1 unspecified atom stereocenters. The zero-order chi connectivity index (χ0) is 14.8. The fourth-order valence-electron chi connectivity index (χ4n) is 2.09. The molecule has 1 fully saturated rings. The van der Waals surface area contributed by atoms with Crippen LogP contribution in [0.5, 0.6) is 0 Å². The fraction of sp³-hybridized carbons (Fsp3) is 0.462. The lowest BCUT2D eigenvalue weighted by molar-refractivity contribution is -0.137. The van der Waals surface area contributed by atoms with Crippen LogP contribution in [0.2, 0.25) is 0 Å². The highest BCUT2D eigenvalue weighted by Gasteiger charge is 2.31. The Balaban J connectivity index is 2.13. The van der Waals surface area contributed by atoms with Gasteiger partial charge in [-0.1, -0.05) is 6.42 Å². The summed E-state index contributed by atoms with van der Waals surface area (Å²) < 4.78 is 51.1. The molecule has 0 bridgehead atoms. The number of rotatable bonds is 2. The quantitative estimate of drug-likeness (QED) is 0.822. The first-order valence-corrected chi connectivity index (χ1v) is 6.29. The summed E-state index contributed by atoms with van der Waals surface area (Å²) in [7, 11) is 0. The highest BCUT2D eigenvalue weighted by atomic mass is 19.4. The molecule has 0 aromatic heterocycles. The monoisotopic (exact) mass is 290 g/mol. The molecule has 0 aliphatic carbocycles. The van der Waals surface area contributed by atoms with Gasteiger partial charge in [0.25, 0.3) is 0 Å². The van der Waals surface area contributed by atoms with Gasteiger partial charge in [-0.25, -0.2) is 4.39 Å². The number of benzene rings is 1. The number of hydrogen-bond donors (Lipinski definition) is 2. The average Bonchev–Trinajstić information content (AvgIpc) is 2.41. The second kappa shape index (κ2) is 5.78. The van der Waals surface area contributed by atoms with Crippen LogP contribution in [0.25, 0.3) is 0 Å². The number of amides is 1. The Morgan fingerprint density at radius 3 is 2.65 bits per heavy atom. The Hall–Kier alpha value is -1.63. The van der Waals surface area contributed by atoms with Crippen molar-refractivity contribution < 1.29 is 22.4 Å². The average molecular weight is 290 g/mol. The van der Waals surface area contributed by atoms with Gasteiger partial charge in [-0.3, -0.25) is 4.79 Å². The molecule has 0 radical (unpaired) electrons. The van der Waals surface area contributed by atoms with Gasteiger partial charge in [-0.15, -0.1) is 0 Å². The summed E-state index contributed by atoms with van der Waals surface area (Å²) in [6.07, 6.45) is -2.18. The van der Waals surface area contributed by atoms with E-state index in [0.29, 0.717) is 31.2 Å². The van der Waals surface area contributed by atoms with Crippen molar-refractivity contribution >= 4 is 11.6 Å². The van der Waals surface area contributed by atoms with Crippen molar-refractivity contribution in [1.82, 2.24) is 5.32 Å². The molecule has 2 N–H and O–H groups in total. The van der Waals surface area contributed by atoms with Crippen LogP contribution in [0.4, 0.5) is 23.2 Å². The molecule has 0 saturated carbocycles. The number of alkyl halides is 3. The maximum atomic E-state index is 13.5. The molecule has 1 aromatic carbocycles. The molecule has 7 heteroatoms. The van der Waals surface area contributed by atoms with Gasteiger partial charge in [0.05, 0.1) is 17.3 Å². The van der Waals surface area contributed by atoms with E-state index in [9.17, 15) is 22.4 Å². The van der Waals surface area contributed by atoms with Crippen molar-refractivity contribution in [1.29, 1.82) is 0 Å². The van der Waals surface area contributed by atoms with Crippen LogP contribution in [0.3, 0.4) is 0 Å². The molecule has 20 heavy (non-hydrogen) atoms. The third-order valence-electron chi connectivity index (χ3n) is 3.18. The summed E-state index contributed by atoms with van der Waals surface area (Å²) in [4.78, 5) is 11.9. The van der Waals surface area contributed by atoms with Gasteiger partial charge in [0.1, 0.15) is 5.82 Å². The van der Waals surface area contributed by atoms with Gasteiger partial charge < -0.3 is 10.6 Å². The summed E-state index contributed by atoms with van der Waals surface area (Å²) >= 11 is 0. The van der Waals surface area contributed by atoms with Crippen molar-refractivity contribution in [2.45, 2.75) is 31.5 Å². The Kier molecular flexibility index (Phi) is 4.27. The Morgan fingerprint density at radius 1 is 1.30 bits per heavy atom. The second-order valence-corrected chi connectivity index (χ2v) is 4.68. The van der Waals surface area contributed by atoms with Crippen molar-refractivity contribution in [2.24, 2.45) is 0 Å². The van der Waals surface area contributed by atoms with Crippen molar-refractivity contribution in [3.8, 4) is 0 Å². The van der Waals surface area contributed by atoms with E-state index in [1.54, 1.807) is 0 Å². The SMILES string of the molecule is O=C(Nc1cc(C(F)(F)F)ccc1F)C1CCCCN1.